The van der Waals surface area contributed by atoms with E-state index in [0.717, 1.165) is 37.7 Å². The van der Waals surface area contributed by atoms with E-state index in [1.807, 2.05) is 36.4 Å². The van der Waals surface area contributed by atoms with Gasteiger partial charge in [0.2, 0.25) is 0 Å². The van der Waals surface area contributed by atoms with Crippen LogP contribution in [0.2, 0.25) is 0 Å². The van der Waals surface area contributed by atoms with Crippen molar-refractivity contribution in [3.8, 4) is 0 Å². The Kier molecular flexibility index (Phi) is 7.74. The third kappa shape index (κ3) is 6.26. The Labute approximate surface area is 145 Å². The van der Waals surface area contributed by atoms with Gasteiger partial charge in [-0.05, 0) is 30.6 Å². The number of hydrogen-bond donors (Lipinski definition) is 1. The third-order valence-corrected chi connectivity index (χ3v) is 6.52. The normalized spacial score (nSPS) is 20.9. The first-order valence-corrected chi connectivity index (χ1v) is 10.8. The summed E-state index contributed by atoms with van der Waals surface area (Å²) in [6, 6.07) is 9.22. The lowest BCUT2D eigenvalue weighted by atomic mass is 10.1. The Morgan fingerprint density at radius 3 is 2.71 bits per heavy atom. The zero-order valence-corrected chi connectivity index (χ0v) is 15.3. The van der Waals surface area contributed by atoms with Crippen molar-refractivity contribution < 1.29 is 14.1 Å². The largest absolute Gasteiger partial charge is 0.465 e. The van der Waals surface area contributed by atoms with E-state index in [0.29, 0.717) is 19.2 Å². The second-order valence-corrected chi connectivity index (χ2v) is 8.89. The summed E-state index contributed by atoms with van der Waals surface area (Å²) in [5.74, 6) is 1.44. The van der Waals surface area contributed by atoms with Crippen LogP contribution in [0.4, 0.5) is 0 Å². The standard InChI is InChI=1S/C19H28NO3P/c1-2-3-4-8-13-23-19(21)18(16-17-11-6-5-7-12-17)20-24(22)14-9-10-15-24/h5-7,9,11-12,14,18H,2-4,8,10,13,15-16H2,1H3,(H,20,22)/t18-,24?/m0/s1. The Morgan fingerprint density at radius 1 is 1.25 bits per heavy atom. The highest BCUT2D eigenvalue weighted by molar-refractivity contribution is 7.65. The summed E-state index contributed by atoms with van der Waals surface area (Å²) in [7, 11) is -2.60. The van der Waals surface area contributed by atoms with E-state index in [4.69, 9.17) is 4.74 Å². The lowest BCUT2D eigenvalue weighted by Gasteiger charge is -2.21. The number of hydrogen-bond acceptors (Lipinski definition) is 3. The molecule has 0 fully saturated rings. The van der Waals surface area contributed by atoms with Crippen molar-refractivity contribution >= 4 is 13.3 Å². The zero-order chi connectivity index (χ0) is 17.3. The van der Waals surface area contributed by atoms with Gasteiger partial charge in [0.05, 0.1) is 6.61 Å². The molecule has 0 aliphatic carbocycles. The molecule has 0 radical (unpaired) electrons. The second kappa shape index (κ2) is 9.80. The summed E-state index contributed by atoms with van der Waals surface area (Å²) >= 11 is 0. The van der Waals surface area contributed by atoms with E-state index >= 15 is 0 Å². The van der Waals surface area contributed by atoms with Crippen LogP contribution in [0.3, 0.4) is 0 Å². The first kappa shape index (κ1) is 19.0. The van der Waals surface area contributed by atoms with E-state index in [2.05, 4.69) is 12.0 Å². The molecule has 24 heavy (non-hydrogen) atoms. The van der Waals surface area contributed by atoms with E-state index in [-0.39, 0.29) is 5.97 Å². The number of benzene rings is 1. The van der Waals surface area contributed by atoms with Crippen molar-refractivity contribution in [3.05, 3.63) is 47.8 Å². The van der Waals surface area contributed by atoms with Crippen LogP contribution >= 0.6 is 7.29 Å². The molecule has 4 nitrogen and oxygen atoms in total. The van der Waals surface area contributed by atoms with E-state index < -0.39 is 13.3 Å². The van der Waals surface area contributed by atoms with Crippen molar-refractivity contribution in [3.63, 3.8) is 0 Å². The van der Waals surface area contributed by atoms with Gasteiger partial charge < -0.3 is 9.30 Å². The van der Waals surface area contributed by atoms with Crippen LogP contribution in [0.1, 0.15) is 44.6 Å². The Balaban J connectivity index is 1.95. The molecule has 1 aromatic carbocycles. The first-order chi connectivity index (χ1) is 11.6. The topological polar surface area (TPSA) is 55.4 Å². The fraction of sp³-hybridized carbons (Fsp3) is 0.526. The van der Waals surface area contributed by atoms with E-state index in [9.17, 15) is 9.36 Å². The van der Waals surface area contributed by atoms with Crippen molar-refractivity contribution in [2.75, 3.05) is 12.8 Å². The number of carbonyl (C=O) groups excluding carboxylic acids is 1. The van der Waals surface area contributed by atoms with Gasteiger partial charge in [0, 0.05) is 6.16 Å². The summed E-state index contributed by atoms with van der Waals surface area (Å²) in [6.45, 7) is 2.59. The lowest BCUT2D eigenvalue weighted by molar-refractivity contribution is -0.145. The number of nitrogens with one attached hydrogen (secondary N) is 1. The second-order valence-electron chi connectivity index (χ2n) is 6.29. The number of unbranched alkanes of at least 4 members (excludes halogenated alkanes) is 3. The van der Waals surface area contributed by atoms with Crippen molar-refractivity contribution in [1.82, 2.24) is 5.09 Å². The Hall–Kier alpha value is -1.38. The number of rotatable bonds is 10. The maximum absolute atomic E-state index is 12.7. The smallest absolute Gasteiger partial charge is 0.323 e. The molecule has 0 spiro atoms. The average molecular weight is 349 g/mol. The average Bonchev–Trinajstić information content (AvgIpc) is 3.01. The lowest BCUT2D eigenvalue weighted by Crippen LogP contribution is -2.38. The van der Waals surface area contributed by atoms with Crippen LogP contribution in [-0.4, -0.2) is 24.8 Å². The van der Waals surface area contributed by atoms with Crippen LogP contribution < -0.4 is 5.09 Å². The van der Waals surface area contributed by atoms with Gasteiger partial charge in [0.25, 0.3) is 0 Å². The summed E-state index contributed by atoms with van der Waals surface area (Å²) in [5.41, 5.74) is 1.03. The summed E-state index contributed by atoms with van der Waals surface area (Å²) in [5, 5.41) is 3.09. The van der Waals surface area contributed by atoms with Gasteiger partial charge >= 0.3 is 5.97 Å². The molecule has 0 saturated heterocycles. The first-order valence-electron chi connectivity index (χ1n) is 8.88. The molecule has 5 heteroatoms. The molecule has 1 unspecified atom stereocenters. The molecule has 1 aliphatic heterocycles. The van der Waals surface area contributed by atoms with Crippen LogP contribution in [0.5, 0.6) is 0 Å². The van der Waals surface area contributed by atoms with Gasteiger partial charge in [0.1, 0.15) is 6.04 Å². The number of esters is 1. The molecular formula is C19H28NO3P. The molecule has 1 heterocycles. The minimum atomic E-state index is -2.60. The van der Waals surface area contributed by atoms with Gasteiger partial charge in [-0.15, -0.1) is 0 Å². The van der Waals surface area contributed by atoms with Crippen molar-refractivity contribution in [1.29, 1.82) is 0 Å². The fourth-order valence-electron chi connectivity index (χ4n) is 2.79. The van der Waals surface area contributed by atoms with Crippen LogP contribution in [0.15, 0.2) is 42.2 Å². The van der Waals surface area contributed by atoms with E-state index in [1.165, 1.54) is 0 Å². The fourth-order valence-corrected chi connectivity index (χ4v) is 4.90. The van der Waals surface area contributed by atoms with E-state index in [1.54, 1.807) is 5.82 Å². The SMILES string of the molecule is CCCCCCOC(=O)[C@H](Cc1ccccc1)NP1(=O)C=CCC1. The molecule has 1 N–H and O–H groups in total. The highest BCUT2D eigenvalue weighted by Crippen LogP contribution is 2.48. The number of ether oxygens (including phenoxy) is 1. The van der Waals surface area contributed by atoms with Crippen molar-refractivity contribution in [2.24, 2.45) is 0 Å². The summed E-state index contributed by atoms with van der Waals surface area (Å²) < 4.78 is 18.2. The molecular weight excluding hydrogens is 321 g/mol. The maximum atomic E-state index is 12.7. The molecule has 1 aliphatic rings. The maximum Gasteiger partial charge on any atom is 0.323 e. The molecule has 2 rings (SSSR count). The molecule has 2 atom stereocenters. The molecule has 0 aromatic heterocycles. The third-order valence-electron chi connectivity index (χ3n) is 4.16. The van der Waals surface area contributed by atoms with Gasteiger partial charge in [-0.25, -0.2) is 5.09 Å². The Morgan fingerprint density at radius 2 is 2.04 bits per heavy atom. The molecule has 132 valence electrons. The predicted molar refractivity (Wildman–Crippen MR) is 98.4 cm³/mol. The number of allylic oxidation sites excluding steroid dienone is 1. The van der Waals surface area contributed by atoms with Crippen LogP contribution in [-0.2, 0) is 20.5 Å². The highest BCUT2D eigenvalue weighted by Gasteiger charge is 2.30. The van der Waals surface area contributed by atoms with Crippen LogP contribution in [0, 0.1) is 0 Å². The quantitative estimate of drug-likeness (QED) is 0.384. The summed E-state index contributed by atoms with van der Waals surface area (Å²) in [6.07, 6.45) is 8.06. The summed E-state index contributed by atoms with van der Waals surface area (Å²) in [4.78, 5) is 12.5. The minimum absolute atomic E-state index is 0.300. The zero-order valence-electron chi connectivity index (χ0n) is 14.4. The van der Waals surface area contributed by atoms with Gasteiger partial charge in [-0.3, -0.25) is 4.79 Å². The highest BCUT2D eigenvalue weighted by atomic mass is 31.2. The monoisotopic (exact) mass is 349 g/mol. The minimum Gasteiger partial charge on any atom is -0.465 e. The Bertz CT molecular complexity index is 586. The molecule has 1 aromatic rings. The van der Waals surface area contributed by atoms with Gasteiger partial charge in [0.15, 0.2) is 7.29 Å². The van der Waals surface area contributed by atoms with Gasteiger partial charge in [-0.2, -0.15) is 0 Å². The van der Waals surface area contributed by atoms with Crippen molar-refractivity contribution in [2.45, 2.75) is 51.5 Å². The molecule has 0 saturated carbocycles. The van der Waals surface area contributed by atoms with Crippen LogP contribution in [0.25, 0.3) is 0 Å². The molecule has 0 bridgehead atoms. The molecule has 0 amide bonds. The van der Waals surface area contributed by atoms with Gasteiger partial charge in [-0.1, -0.05) is 62.6 Å². The number of carbonyl (C=O) groups is 1. The predicted octanol–water partition coefficient (Wildman–Crippen LogP) is 4.51.